The predicted octanol–water partition coefficient (Wildman–Crippen LogP) is -11.5. The smallest absolute Gasteiger partial charge is 1.00 e. The van der Waals surface area contributed by atoms with Gasteiger partial charge in [0.15, 0.2) is 0 Å². The van der Waals surface area contributed by atoms with Gasteiger partial charge in [0.05, 0.1) is 0 Å². The maximum absolute atomic E-state index is 0. The molecule has 0 aromatic rings. The van der Waals surface area contributed by atoms with Crippen LogP contribution in [0.25, 0.3) is 0 Å². The first kappa shape index (κ1) is 22.8. The van der Waals surface area contributed by atoms with Crippen LogP contribution in [0.5, 0.6) is 0 Å². The average Bonchev–Trinajstić information content (AvgIpc) is 0. The molecule has 0 aliphatic rings. The first-order chi connectivity index (χ1) is 0. The molecule has 0 unspecified atom stereocenters. The molecule has 8 valence electrons. The number of hydrogen-bond donors (Lipinski definition) is 0. The molecule has 4 heteroatoms. The second-order valence-electron chi connectivity index (χ2n) is 0. The standard InChI is InChI=1S/2K.2Na.4H/q4*+1;4*-1. The van der Waals surface area contributed by atoms with Crippen molar-refractivity contribution in [3.05, 3.63) is 0 Å². The maximum atomic E-state index is 0. The zero-order valence-corrected chi connectivity index (χ0v) is 14.2. The van der Waals surface area contributed by atoms with Gasteiger partial charge in [0, 0.05) is 0 Å². The molecule has 0 aromatic heterocycles. The molecule has 0 spiro atoms. The fourth-order valence-corrected chi connectivity index (χ4v) is 0. The van der Waals surface area contributed by atoms with Gasteiger partial charge in [-0.3, -0.25) is 0 Å². The van der Waals surface area contributed by atoms with Crippen molar-refractivity contribution in [2.24, 2.45) is 0 Å². The molecule has 4 heavy (non-hydrogen) atoms. The van der Waals surface area contributed by atoms with Gasteiger partial charge in [-0.25, -0.2) is 0 Å². The summed E-state index contributed by atoms with van der Waals surface area (Å²) >= 11 is 0. The minimum Gasteiger partial charge on any atom is -1.00 e. The van der Waals surface area contributed by atoms with Crippen LogP contribution in [0.3, 0.4) is 0 Å². The Kier molecular flexibility index (Phi) is 89.8. The summed E-state index contributed by atoms with van der Waals surface area (Å²) in [6, 6.07) is 0. The van der Waals surface area contributed by atoms with E-state index in [-0.39, 0.29) is 168 Å². The molecule has 0 bridgehead atoms. The molecule has 0 saturated carbocycles. The zero-order chi connectivity index (χ0) is 0. The zero-order valence-electron chi connectivity index (χ0n) is 8.00. The molecule has 0 amide bonds. The van der Waals surface area contributed by atoms with Gasteiger partial charge in [-0.05, 0) is 0 Å². The van der Waals surface area contributed by atoms with Crippen LogP contribution in [-0.4, -0.2) is 0 Å². The first-order valence-corrected chi connectivity index (χ1v) is 0. The van der Waals surface area contributed by atoms with E-state index >= 15 is 0 Å². The molecule has 0 rings (SSSR count). The summed E-state index contributed by atoms with van der Waals surface area (Å²) in [4.78, 5) is 0. The summed E-state index contributed by atoms with van der Waals surface area (Å²) in [5.74, 6) is 0. The van der Waals surface area contributed by atoms with Crippen LogP contribution in [0, 0.1) is 0 Å². The SMILES string of the molecule is [H-].[H-].[H-].[H-].[K+].[K+].[Na+].[Na+]. The number of rotatable bonds is 0. The molecule has 0 aliphatic heterocycles. The Balaban J connectivity index is 0. The normalized spacial score (nSPS) is 0. The fourth-order valence-electron chi connectivity index (χ4n) is 0. The Hall–Kier alpha value is 5.27. The van der Waals surface area contributed by atoms with Crippen molar-refractivity contribution in [3.8, 4) is 0 Å². The van der Waals surface area contributed by atoms with Gasteiger partial charge in [0.1, 0.15) is 0 Å². The molecule has 0 atom stereocenters. The van der Waals surface area contributed by atoms with E-state index in [1.165, 1.54) is 0 Å². The van der Waals surface area contributed by atoms with Gasteiger partial charge in [-0.1, -0.05) is 0 Å². The second-order valence-corrected chi connectivity index (χ2v) is 0. The van der Waals surface area contributed by atoms with Crippen LogP contribution in [-0.2, 0) is 0 Å². The van der Waals surface area contributed by atoms with Crippen molar-refractivity contribution in [1.29, 1.82) is 0 Å². The van der Waals surface area contributed by atoms with Crippen LogP contribution in [0.1, 0.15) is 5.71 Å². The van der Waals surface area contributed by atoms with Crippen LogP contribution in [0.15, 0.2) is 0 Å². The summed E-state index contributed by atoms with van der Waals surface area (Å²) in [6.07, 6.45) is 0. The van der Waals surface area contributed by atoms with Gasteiger partial charge in [0.25, 0.3) is 0 Å². The van der Waals surface area contributed by atoms with Gasteiger partial charge in [0.2, 0.25) is 0 Å². The van der Waals surface area contributed by atoms with E-state index in [0.717, 1.165) is 0 Å². The van der Waals surface area contributed by atoms with Crippen molar-refractivity contribution in [2.45, 2.75) is 0 Å². The van der Waals surface area contributed by atoms with E-state index in [1.807, 2.05) is 0 Å². The van der Waals surface area contributed by atoms with E-state index in [4.69, 9.17) is 0 Å². The second kappa shape index (κ2) is 15.7. The van der Waals surface area contributed by atoms with Gasteiger partial charge >= 0.3 is 162 Å². The molecular weight excluding hydrogens is 124 g/mol. The third kappa shape index (κ3) is 10.3. The third-order valence-electron chi connectivity index (χ3n) is 0. The van der Waals surface area contributed by atoms with Crippen LogP contribution in [0.2, 0.25) is 0 Å². The average molecular weight is 128 g/mol. The fraction of sp³-hybridized carbons (Fsp3) is 0. The minimum atomic E-state index is 0. The van der Waals surface area contributed by atoms with Crippen molar-refractivity contribution in [1.82, 2.24) is 0 Å². The molecule has 0 heterocycles. The Morgan fingerprint density at radius 3 is 0.750 bits per heavy atom. The predicted molar refractivity (Wildman–Crippen MR) is 4.45 cm³/mol. The quantitative estimate of drug-likeness (QED) is 0.284. The Morgan fingerprint density at radius 1 is 0.750 bits per heavy atom. The van der Waals surface area contributed by atoms with E-state index in [1.54, 1.807) is 0 Å². The molecule has 0 fully saturated rings. The van der Waals surface area contributed by atoms with E-state index in [9.17, 15) is 0 Å². The third-order valence-corrected chi connectivity index (χ3v) is 0. The monoisotopic (exact) mass is 128 g/mol. The largest absolute Gasteiger partial charge is 1.00 e. The topological polar surface area (TPSA) is 0 Å². The summed E-state index contributed by atoms with van der Waals surface area (Å²) in [6.45, 7) is 0. The molecule has 0 N–H and O–H groups in total. The van der Waals surface area contributed by atoms with Crippen LogP contribution < -0.4 is 162 Å². The Bertz CT molecular complexity index is 12.0. The molecule has 0 saturated heterocycles. The maximum Gasteiger partial charge on any atom is 1.00 e. The molecular formula is H4K2Na2. The van der Waals surface area contributed by atoms with Gasteiger partial charge in [-0.15, -0.1) is 0 Å². The van der Waals surface area contributed by atoms with E-state index < -0.39 is 0 Å². The van der Waals surface area contributed by atoms with Gasteiger partial charge < -0.3 is 5.71 Å². The first-order valence-electron chi connectivity index (χ1n) is 0. The summed E-state index contributed by atoms with van der Waals surface area (Å²) in [5, 5.41) is 0. The van der Waals surface area contributed by atoms with E-state index in [0.29, 0.717) is 0 Å². The van der Waals surface area contributed by atoms with Gasteiger partial charge in [-0.2, -0.15) is 0 Å². The Morgan fingerprint density at radius 2 is 0.750 bits per heavy atom. The van der Waals surface area contributed by atoms with E-state index in [2.05, 4.69) is 0 Å². The minimum absolute atomic E-state index is 0. The summed E-state index contributed by atoms with van der Waals surface area (Å²) in [7, 11) is 0. The van der Waals surface area contributed by atoms with Crippen molar-refractivity contribution < 1.29 is 168 Å². The van der Waals surface area contributed by atoms with Crippen LogP contribution >= 0.6 is 0 Å². The summed E-state index contributed by atoms with van der Waals surface area (Å²) < 4.78 is 0. The number of hydrogen-bond acceptors (Lipinski definition) is 0. The van der Waals surface area contributed by atoms with Crippen LogP contribution in [0.4, 0.5) is 0 Å². The molecule has 0 radical (unpaired) electrons. The summed E-state index contributed by atoms with van der Waals surface area (Å²) in [5.41, 5.74) is 0. The Labute approximate surface area is 162 Å². The molecule has 0 aliphatic carbocycles. The van der Waals surface area contributed by atoms with Crippen molar-refractivity contribution in [2.75, 3.05) is 0 Å². The van der Waals surface area contributed by atoms with Crippen molar-refractivity contribution >= 4 is 0 Å². The van der Waals surface area contributed by atoms with Crippen molar-refractivity contribution in [3.63, 3.8) is 0 Å². The molecule has 0 aromatic carbocycles. The molecule has 0 nitrogen and oxygen atoms in total.